The standard InChI is InChI=1S/C10H13BrFNO/c1-7-9(11)3-2-4-10(7)13-6-8(14)5-12/h2-4,8,13-14H,5-6H2,1H3. The summed E-state index contributed by atoms with van der Waals surface area (Å²) in [6.45, 7) is 1.46. The number of rotatable bonds is 4. The van der Waals surface area contributed by atoms with E-state index in [1.165, 1.54) is 0 Å². The maximum absolute atomic E-state index is 12.0. The number of alkyl halides is 1. The SMILES string of the molecule is Cc1c(Br)cccc1NCC(O)CF. The van der Waals surface area contributed by atoms with Gasteiger partial charge < -0.3 is 10.4 Å². The fraction of sp³-hybridized carbons (Fsp3) is 0.400. The summed E-state index contributed by atoms with van der Waals surface area (Å²) >= 11 is 3.39. The van der Waals surface area contributed by atoms with Crippen molar-refractivity contribution in [2.75, 3.05) is 18.5 Å². The van der Waals surface area contributed by atoms with Crippen LogP contribution in [0, 0.1) is 6.92 Å². The summed E-state index contributed by atoms with van der Waals surface area (Å²) in [5.41, 5.74) is 1.96. The molecule has 0 heterocycles. The van der Waals surface area contributed by atoms with E-state index >= 15 is 0 Å². The fourth-order valence-electron chi connectivity index (χ4n) is 1.08. The Morgan fingerprint density at radius 1 is 1.57 bits per heavy atom. The normalized spacial score (nSPS) is 12.6. The van der Waals surface area contributed by atoms with Crippen LogP contribution in [0.4, 0.5) is 10.1 Å². The highest BCUT2D eigenvalue weighted by atomic mass is 79.9. The summed E-state index contributed by atoms with van der Waals surface area (Å²) in [6, 6.07) is 5.72. The number of anilines is 1. The molecule has 0 spiro atoms. The molecule has 0 amide bonds. The van der Waals surface area contributed by atoms with Crippen LogP contribution in [0.3, 0.4) is 0 Å². The molecule has 78 valence electrons. The molecule has 1 unspecified atom stereocenters. The molecule has 0 radical (unpaired) electrons. The number of nitrogens with one attached hydrogen (secondary N) is 1. The highest BCUT2D eigenvalue weighted by Gasteiger charge is 2.05. The van der Waals surface area contributed by atoms with E-state index in [0.29, 0.717) is 0 Å². The van der Waals surface area contributed by atoms with E-state index in [4.69, 9.17) is 5.11 Å². The summed E-state index contributed by atoms with van der Waals surface area (Å²) in [4.78, 5) is 0. The van der Waals surface area contributed by atoms with Crippen LogP contribution in [-0.2, 0) is 0 Å². The van der Waals surface area contributed by atoms with Gasteiger partial charge in [-0.25, -0.2) is 4.39 Å². The summed E-state index contributed by atoms with van der Waals surface area (Å²) in [7, 11) is 0. The number of aliphatic hydroxyl groups is 1. The maximum Gasteiger partial charge on any atom is 0.117 e. The monoisotopic (exact) mass is 261 g/mol. The van der Waals surface area contributed by atoms with Gasteiger partial charge in [0.15, 0.2) is 0 Å². The Bertz CT molecular complexity index is 306. The molecule has 0 fully saturated rings. The largest absolute Gasteiger partial charge is 0.389 e. The van der Waals surface area contributed by atoms with E-state index in [9.17, 15) is 4.39 Å². The topological polar surface area (TPSA) is 32.3 Å². The fourth-order valence-corrected chi connectivity index (χ4v) is 1.45. The number of hydrogen-bond donors (Lipinski definition) is 2. The minimum Gasteiger partial charge on any atom is -0.389 e. The summed E-state index contributed by atoms with van der Waals surface area (Å²) in [5, 5.41) is 12.0. The second-order valence-corrected chi connectivity index (χ2v) is 3.96. The highest BCUT2D eigenvalue weighted by molar-refractivity contribution is 9.10. The van der Waals surface area contributed by atoms with Gasteiger partial charge in [-0.15, -0.1) is 0 Å². The summed E-state index contributed by atoms with van der Waals surface area (Å²) in [5.74, 6) is 0. The van der Waals surface area contributed by atoms with Gasteiger partial charge in [-0.2, -0.15) is 0 Å². The molecule has 1 aromatic rings. The molecule has 0 bridgehead atoms. The van der Waals surface area contributed by atoms with E-state index in [-0.39, 0.29) is 6.54 Å². The second-order valence-electron chi connectivity index (χ2n) is 3.10. The first-order valence-corrected chi connectivity index (χ1v) is 5.17. The number of halogens is 2. The lowest BCUT2D eigenvalue weighted by Crippen LogP contribution is -2.21. The second kappa shape index (κ2) is 5.32. The summed E-state index contributed by atoms with van der Waals surface area (Å²) in [6.07, 6.45) is -0.937. The third-order valence-corrected chi connectivity index (χ3v) is 2.83. The molecule has 4 heteroatoms. The van der Waals surface area contributed by atoms with Gasteiger partial charge in [0.25, 0.3) is 0 Å². The number of benzene rings is 1. The van der Waals surface area contributed by atoms with Crippen molar-refractivity contribution in [1.82, 2.24) is 0 Å². The van der Waals surface area contributed by atoms with Crippen molar-refractivity contribution in [2.24, 2.45) is 0 Å². The van der Waals surface area contributed by atoms with Gasteiger partial charge in [-0.1, -0.05) is 22.0 Å². The molecule has 2 nitrogen and oxygen atoms in total. The molecule has 14 heavy (non-hydrogen) atoms. The van der Waals surface area contributed by atoms with Crippen LogP contribution in [-0.4, -0.2) is 24.4 Å². The van der Waals surface area contributed by atoms with Crippen LogP contribution in [0.1, 0.15) is 5.56 Å². The molecule has 1 aromatic carbocycles. The van der Waals surface area contributed by atoms with E-state index in [1.807, 2.05) is 25.1 Å². The van der Waals surface area contributed by atoms with Gasteiger partial charge in [0.1, 0.15) is 6.67 Å². The average Bonchev–Trinajstić information content (AvgIpc) is 2.20. The zero-order chi connectivity index (χ0) is 10.6. The van der Waals surface area contributed by atoms with Gasteiger partial charge in [0, 0.05) is 16.7 Å². The molecule has 0 aromatic heterocycles. The first-order valence-electron chi connectivity index (χ1n) is 4.38. The van der Waals surface area contributed by atoms with Gasteiger partial charge in [-0.05, 0) is 24.6 Å². The number of hydrogen-bond acceptors (Lipinski definition) is 2. The van der Waals surface area contributed by atoms with E-state index in [1.54, 1.807) is 0 Å². The average molecular weight is 262 g/mol. The number of aliphatic hydroxyl groups excluding tert-OH is 1. The smallest absolute Gasteiger partial charge is 0.117 e. The van der Waals surface area contributed by atoms with Crippen LogP contribution in [0.5, 0.6) is 0 Å². The highest BCUT2D eigenvalue weighted by Crippen LogP contribution is 2.23. The Labute approximate surface area is 91.3 Å². The molecule has 0 aliphatic heterocycles. The van der Waals surface area contributed by atoms with Crippen molar-refractivity contribution in [3.63, 3.8) is 0 Å². The maximum atomic E-state index is 12.0. The Hall–Kier alpha value is -0.610. The Morgan fingerprint density at radius 3 is 2.93 bits per heavy atom. The molecule has 1 rings (SSSR count). The van der Waals surface area contributed by atoms with Crippen LogP contribution >= 0.6 is 15.9 Å². The summed E-state index contributed by atoms with van der Waals surface area (Å²) < 4.78 is 13.0. The molecule has 1 atom stereocenters. The van der Waals surface area contributed by atoms with Crippen LogP contribution < -0.4 is 5.32 Å². The zero-order valence-corrected chi connectivity index (χ0v) is 9.51. The van der Waals surface area contributed by atoms with Gasteiger partial charge in [0.05, 0.1) is 6.10 Å². The Balaban J connectivity index is 2.63. The molecule has 0 aliphatic carbocycles. The van der Waals surface area contributed by atoms with Crippen molar-refractivity contribution in [3.8, 4) is 0 Å². The van der Waals surface area contributed by atoms with E-state index in [2.05, 4.69) is 21.2 Å². The van der Waals surface area contributed by atoms with Crippen molar-refractivity contribution in [1.29, 1.82) is 0 Å². The lowest BCUT2D eigenvalue weighted by molar-refractivity contribution is 0.151. The van der Waals surface area contributed by atoms with Crippen molar-refractivity contribution >= 4 is 21.6 Å². The lowest BCUT2D eigenvalue weighted by Gasteiger charge is -2.12. The third-order valence-electron chi connectivity index (χ3n) is 1.97. The van der Waals surface area contributed by atoms with E-state index < -0.39 is 12.8 Å². The third kappa shape index (κ3) is 2.96. The molecular weight excluding hydrogens is 249 g/mol. The van der Waals surface area contributed by atoms with Crippen molar-refractivity contribution in [2.45, 2.75) is 13.0 Å². The van der Waals surface area contributed by atoms with E-state index in [0.717, 1.165) is 15.7 Å². The first kappa shape index (κ1) is 11.5. The molecule has 0 saturated carbocycles. The Morgan fingerprint density at radius 2 is 2.29 bits per heavy atom. The zero-order valence-electron chi connectivity index (χ0n) is 7.93. The predicted molar refractivity (Wildman–Crippen MR) is 59.4 cm³/mol. The molecule has 2 N–H and O–H groups in total. The van der Waals surface area contributed by atoms with Crippen LogP contribution in [0.2, 0.25) is 0 Å². The van der Waals surface area contributed by atoms with Gasteiger partial charge >= 0.3 is 0 Å². The minimum atomic E-state index is -0.937. The van der Waals surface area contributed by atoms with Gasteiger partial charge in [0.2, 0.25) is 0 Å². The molecule has 0 saturated heterocycles. The predicted octanol–water partition coefficient (Wildman–Crippen LogP) is 2.50. The minimum absolute atomic E-state index is 0.230. The Kier molecular flexibility index (Phi) is 4.35. The molecular formula is C10H13BrFNO. The first-order chi connectivity index (χ1) is 6.65. The van der Waals surface area contributed by atoms with Crippen LogP contribution in [0.15, 0.2) is 22.7 Å². The quantitative estimate of drug-likeness (QED) is 0.873. The van der Waals surface area contributed by atoms with Crippen LogP contribution in [0.25, 0.3) is 0 Å². The molecule has 0 aliphatic rings. The van der Waals surface area contributed by atoms with Gasteiger partial charge in [-0.3, -0.25) is 0 Å². The van der Waals surface area contributed by atoms with Crippen molar-refractivity contribution < 1.29 is 9.50 Å². The van der Waals surface area contributed by atoms with Crippen molar-refractivity contribution in [3.05, 3.63) is 28.2 Å². The lowest BCUT2D eigenvalue weighted by atomic mass is 10.2.